The summed E-state index contributed by atoms with van der Waals surface area (Å²) in [6.07, 6.45) is 0. The van der Waals surface area contributed by atoms with Crippen LogP contribution >= 0.6 is 22.9 Å². The smallest absolute Gasteiger partial charge is 0.268 e. The van der Waals surface area contributed by atoms with E-state index in [0.29, 0.717) is 15.8 Å². The third kappa shape index (κ3) is 3.10. The topological polar surface area (TPSA) is 37.4 Å². The van der Waals surface area contributed by atoms with Gasteiger partial charge in [0.25, 0.3) is 10.0 Å². The first kappa shape index (κ1) is 16.3. The highest BCUT2D eigenvalue weighted by molar-refractivity contribution is 7.94. The highest BCUT2D eigenvalue weighted by Gasteiger charge is 2.25. The third-order valence-electron chi connectivity index (χ3n) is 3.43. The number of halogens is 1. The molecule has 2 aromatic rings. The van der Waals surface area contributed by atoms with E-state index in [1.54, 1.807) is 13.1 Å². The zero-order valence-electron chi connectivity index (χ0n) is 12.5. The Kier molecular flexibility index (Phi) is 4.66. The zero-order chi connectivity index (χ0) is 15.8. The van der Waals surface area contributed by atoms with E-state index >= 15 is 0 Å². The van der Waals surface area contributed by atoms with E-state index in [4.69, 9.17) is 11.6 Å². The maximum absolute atomic E-state index is 12.7. The molecule has 0 spiro atoms. The fourth-order valence-corrected chi connectivity index (χ4v) is 5.42. The Morgan fingerprint density at radius 3 is 2.33 bits per heavy atom. The van der Waals surface area contributed by atoms with E-state index in [2.05, 4.69) is 0 Å². The van der Waals surface area contributed by atoms with Gasteiger partial charge in [0.2, 0.25) is 0 Å². The van der Waals surface area contributed by atoms with Crippen molar-refractivity contribution < 1.29 is 8.42 Å². The van der Waals surface area contributed by atoms with Gasteiger partial charge in [-0.3, -0.25) is 4.31 Å². The average Bonchev–Trinajstić information content (AvgIpc) is 2.80. The Morgan fingerprint density at radius 1 is 1.14 bits per heavy atom. The summed E-state index contributed by atoms with van der Waals surface area (Å²) in [5, 5.41) is 0. The predicted octanol–water partition coefficient (Wildman–Crippen LogP) is 4.24. The van der Waals surface area contributed by atoms with Gasteiger partial charge in [-0.1, -0.05) is 17.7 Å². The Balaban J connectivity index is 2.47. The van der Waals surface area contributed by atoms with Gasteiger partial charge in [0, 0.05) is 11.9 Å². The quantitative estimate of drug-likeness (QED) is 0.779. The van der Waals surface area contributed by atoms with E-state index in [-0.39, 0.29) is 0 Å². The maximum atomic E-state index is 12.7. The molecule has 0 bridgehead atoms. The molecule has 1 aromatic carbocycles. The molecule has 114 valence electrons. The summed E-state index contributed by atoms with van der Waals surface area (Å²) in [7, 11) is -1.96. The van der Waals surface area contributed by atoms with E-state index in [0.717, 1.165) is 21.6 Å². The molecule has 1 aromatic heterocycles. The molecule has 0 aliphatic carbocycles. The summed E-state index contributed by atoms with van der Waals surface area (Å²) in [6, 6.07) is 7.42. The van der Waals surface area contributed by atoms with Gasteiger partial charge in [0.1, 0.15) is 4.21 Å². The molecule has 0 atom stereocenters. The van der Waals surface area contributed by atoms with Gasteiger partial charge < -0.3 is 0 Å². The highest BCUT2D eigenvalue weighted by Crippen LogP contribution is 2.32. The average molecular weight is 344 g/mol. The van der Waals surface area contributed by atoms with Gasteiger partial charge in [-0.2, -0.15) is 0 Å². The van der Waals surface area contributed by atoms with Crippen molar-refractivity contribution in [1.29, 1.82) is 0 Å². The first-order chi connectivity index (χ1) is 9.77. The molecule has 0 radical (unpaired) electrons. The van der Waals surface area contributed by atoms with Crippen molar-refractivity contribution in [1.82, 2.24) is 0 Å². The number of sulfonamides is 1. The van der Waals surface area contributed by atoms with Gasteiger partial charge in [-0.05, 0) is 44.0 Å². The minimum absolute atomic E-state index is 0.332. The minimum atomic E-state index is -3.55. The van der Waals surface area contributed by atoms with Crippen LogP contribution in [0.5, 0.6) is 0 Å². The number of hydrogen-bond acceptors (Lipinski definition) is 3. The van der Waals surface area contributed by atoms with E-state index in [1.807, 2.05) is 39.0 Å². The lowest BCUT2D eigenvalue weighted by atomic mass is 10.1. The van der Waals surface area contributed by atoms with Crippen LogP contribution in [0.1, 0.15) is 21.6 Å². The number of rotatable bonds is 4. The van der Waals surface area contributed by atoms with E-state index < -0.39 is 10.0 Å². The summed E-state index contributed by atoms with van der Waals surface area (Å²) in [4.78, 5) is 0.893. The number of hydrogen-bond donors (Lipinski definition) is 0. The molecule has 21 heavy (non-hydrogen) atoms. The standard InChI is InChI=1S/C15H18ClNO2S2/c1-10-5-6-13(11(2)7-10)17(4)21(18,19)15-8-12(3)14(9-16)20-15/h5-8H,9H2,1-4H3. The first-order valence-electron chi connectivity index (χ1n) is 6.49. The van der Waals surface area contributed by atoms with Gasteiger partial charge in [0.05, 0.1) is 11.6 Å². The zero-order valence-corrected chi connectivity index (χ0v) is 14.9. The van der Waals surface area contributed by atoms with Crippen LogP contribution in [0.25, 0.3) is 0 Å². The Hall–Kier alpha value is -1.04. The number of anilines is 1. The van der Waals surface area contributed by atoms with Crippen molar-refractivity contribution in [2.24, 2.45) is 0 Å². The second-order valence-electron chi connectivity index (χ2n) is 5.07. The van der Waals surface area contributed by atoms with Gasteiger partial charge in [-0.15, -0.1) is 22.9 Å². The molecular weight excluding hydrogens is 326 g/mol. The van der Waals surface area contributed by atoms with Crippen LogP contribution in [0.2, 0.25) is 0 Å². The van der Waals surface area contributed by atoms with Crippen molar-refractivity contribution in [3.63, 3.8) is 0 Å². The van der Waals surface area contributed by atoms with Gasteiger partial charge in [0.15, 0.2) is 0 Å². The number of aryl methyl sites for hydroxylation is 3. The molecular formula is C15H18ClNO2S2. The van der Waals surface area contributed by atoms with E-state index in [1.165, 1.54) is 15.6 Å². The van der Waals surface area contributed by atoms with Crippen LogP contribution in [0.3, 0.4) is 0 Å². The third-order valence-corrected chi connectivity index (χ3v) is 7.31. The fraction of sp³-hybridized carbons (Fsp3) is 0.333. The normalized spacial score (nSPS) is 11.7. The highest BCUT2D eigenvalue weighted by atomic mass is 35.5. The van der Waals surface area contributed by atoms with Crippen molar-refractivity contribution in [3.8, 4) is 0 Å². The molecule has 0 amide bonds. The predicted molar refractivity (Wildman–Crippen MR) is 90.1 cm³/mol. The molecule has 0 N–H and O–H groups in total. The molecule has 2 rings (SSSR count). The van der Waals surface area contributed by atoms with Crippen LogP contribution in [0.4, 0.5) is 5.69 Å². The number of benzene rings is 1. The molecule has 0 unspecified atom stereocenters. The number of thiophene rings is 1. The molecule has 0 fully saturated rings. The first-order valence-corrected chi connectivity index (χ1v) is 9.28. The Labute approximate surface area is 135 Å². The Bertz CT molecular complexity index is 766. The van der Waals surface area contributed by atoms with Crippen LogP contribution in [-0.4, -0.2) is 15.5 Å². The summed E-state index contributed by atoms with van der Waals surface area (Å²) < 4.78 is 27.2. The Morgan fingerprint density at radius 2 is 1.81 bits per heavy atom. The number of nitrogens with zero attached hydrogens (tertiary/aromatic N) is 1. The fourth-order valence-electron chi connectivity index (χ4n) is 2.17. The molecule has 0 saturated heterocycles. The lowest BCUT2D eigenvalue weighted by molar-refractivity contribution is 0.596. The van der Waals surface area contributed by atoms with Gasteiger partial charge in [-0.25, -0.2) is 8.42 Å². The molecule has 0 saturated carbocycles. The lowest BCUT2D eigenvalue weighted by Gasteiger charge is -2.20. The van der Waals surface area contributed by atoms with E-state index in [9.17, 15) is 8.42 Å². The number of alkyl halides is 1. The second-order valence-corrected chi connectivity index (χ2v) is 8.67. The molecule has 0 aliphatic heterocycles. The summed E-state index contributed by atoms with van der Waals surface area (Å²) in [5.74, 6) is 0.333. The summed E-state index contributed by atoms with van der Waals surface area (Å²) in [6.45, 7) is 5.78. The summed E-state index contributed by atoms with van der Waals surface area (Å²) in [5.41, 5.74) is 3.66. The second kappa shape index (κ2) is 5.99. The summed E-state index contributed by atoms with van der Waals surface area (Å²) >= 11 is 7.07. The molecule has 0 aliphatic rings. The SMILES string of the molecule is Cc1ccc(N(C)S(=O)(=O)c2cc(C)c(CCl)s2)c(C)c1. The lowest BCUT2D eigenvalue weighted by Crippen LogP contribution is -2.26. The molecule has 3 nitrogen and oxygen atoms in total. The van der Waals surface area contributed by atoms with Crippen molar-refractivity contribution in [2.45, 2.75) is 30.9 Å². The van der Waals surface area contributed by atoms with Gasteiger partial charge >= 0.3 is 0 Å². The van der Waals surface area contributed by atoms with Crippen molar-refractivity contribution in [3.05, 3.63) is 45.8 Å². The van der Waals surface area contributed by atoms with Crippen LogP contribution in [-0.2, 0) is 15.9 Å². The molecule has 6 heteroatoms. The minimum Gasteiger partial charge on any atom is -0.268 e. The maximum Gasteiger partial charge on any atom is 0.273 e. The largest absolute Gasteiger partial charge is 0.273 e. The van der Waals surface area contributed by atoms with Crippen molar-refractivity contribution in [2.75, 3.05) is 11.4 Å². The van der Waals surface area contributed by atoms with Crippen LogP contribution in [0.15, 0.2) is 28.5 Å². The van der Waals surface area contributed by atoms with Crippen LogP contribution in [0, 0.1) is 20.8 Å². The monoisotopic (exact) mass is 343 g/mol. The molecule has 1 heterocycles. The van der Waals surface area contributed by atoms with Crippen molar-refractivity contribution >= 4 is 38.6 Å². The van der Waals surface area contributed by atoms with Crippen LogP contribution < -0.4 is 4.31 Å².